The molecule has 4 nitrogen and oxygen atoms in total. The molecule has 2 aromatic rings. The molecule has 1 unspecified atom stereocenters. The Labute approximate surface area is 163 Å². The van der Waals surface area contributed by atoms with Gasteiger partial charge in [0.2, 0.25) is 11.8 Å². The maximum absolute atomic E-state index is 12.8. The van der Waals surface area contributed by atoms with Crippen molar-refractivity contribution in [3.63, 3.8) is 0 Å². The number of rotatable bonds is 8. The quantitative estimate of drug-likeness (QED) is 0.693. The highest BCUT2D eigenvalue weighted by molar-refractivity contribution is 7.99. The minimum atomic E-state index is -0.564. The van der Waals surface area contributed by atoms with Crippen LogP contribution in [0.2, 0.25) is 5.02 Å². The average molecular weight is 391 g/mol. The maximum Gasteiger partial charge on any atom is 0.242 e. The maximum atomic E-state index is 12.8. The Balaban J connectivity index is 2.05. The third kappa shape index (κ3) is 5.78. The minimum absolute atomic E-state index is 0.0653. The summed E-state index contributed by atoms with van der Waals surface area (Å²) in [6.07, 6.45) is 0.353. The molecule has 0 fully saturated rings. The van der Waals surface area contributed by atoms with Crippen LogP contribution >= 0.6 is 23.4 Å². The van der Waals surface area contributed by atoms with Gasteiger partial charge in [0.25, 0.3) is 0 Å². The number of carbonyl (C=O) groups is 2. The zero-order chi connectivity index (χ0) is 18.9. The first-order valence-corrected chi connectivity index (χ1v) is 9.81. The molecule has 2 aromatic carbocycles. The van der Waals surface area contributed by atoms with Crippen molar-refractivity contribution in [1.29, 1.82) is 0 Å². The molecule has 0 heterocycles. The van der Waals surface area contributed by atoms with Crippen molar-refractivity contribution in [3.8, 4) is 0 Å². The first-order valence-electron chi connectivity index (χ1n) is 8.45. The first kappa shape index (κ1) is 20.3. The van der Waals surface area contributed by atoms with Crippen molar-refractivity contribution < 1.29 is 9.59 Å². The van der Waals surface area contributed by atoms with E-state index in [2.05, 4.69) is 5.32 Å². The number of nitrogens with zero attached hydrogens (tertiary/aromatic N) is 1. The highest BCUT2D eigenvalue weighted by atomic mass is 35.5. The summed E-state index contributed by atoms with van der Waals surface area (Å²) in [7, 11) is 1.57. The molecule has 1 atom stereocenters. The Kier molecular flexibility index (Phi) is 8.01. The molecule has 26 heavy (non-hydrogen) atoms. The van der Waals surface area contributed by atoms with Crippen LogP contribution < -0.4 is 5.32 Å². The Morgan fingerprint density at radius 3 is 2.42 bits per heavy atom. The normalized spacial score (nSPS) is 11.7. The Hall–Kier alpha value is -1.98. The number of carbonyl (C=O) groups excluding carboxylic acids is 2. The van der Waals surface area contributed by atoms with E-state index < -0.39 is 6.04 Å². The van der Waals surface area contributed by atoms with Gasteiger partial charge < -0.3 is 10.2 Å². The van der Waals surface area contributed by atoms with Crippen LogP contribution in [0.3, 0.4) is 0 Å². The van der Waals surface area contributed by atoms with E-state index in [1.54, 1.807) is 36.7 Å². The number of hydrogen-bond donors (Lipinski definition) is 1. The third-order valence-corrected chi connectivity index (χ3v) is 5.42. The summed E-state index contributed by atoms with van der Waals surface area (Å²) in [5.74, 6) is 0.396. The van der Waals surface area contributed by atoms with Gasteiger partial charge in [0.05, 0.1) is 0 Å². The van der Waals surface area contributed by atoms with Crippen molar-refractivity contribution in [2.24, 2.45) is 0 Å². The third-order valence-electron chi connectivity index (χ3n) is 4.04. The fraction of sp³-hybridized carbons (Fsp3) is 0.300. The molecule has 2 amide bonds. The molecule has 6 heteroatoms. The van der Waals surface area contributed by atoms with Gasteiger partial charge in [-0.1, -0.05) is 48.0 Å². The average Bonchev–Trinajstić information content (AvgIpc) is 2.67. The highest BCUT2D eigenvalue weighted by Gasteiger charge is 2.25. The molecule has 2 rings (SSSR count). The molecule has 138 valence electrons. The lowest BCUT2D eigenvalue weighted by atomic mass is 10.1. The van der Waals surface area contributed by atoms with E-state index in [4.69, 9.17) is 11.6 Å². The van der Waals surface area contributed by atoms with Crippen LogP contribution in [0, 0.1) is 0 Å². The van der Waals surface area contributed by atoms with Crippen LogP contribution in [0.25, 0.3) is 0 Å². The smallest absolute Gasteiger partial charge is 0.242 e. The van der Waals surface area contributed by atoms with Gasteiger partial charge in [0.15, 0.2) is 0 Å². The molecule has 0 saturated carbocycles. The number of benzene rings is 2. The van der Waals surface area contributed by atoms with Crippen LogP contribution in [0.4, 0.5) is 0 Å². The first-order chi connectivity index (χ1) is 12.5. The summed E-state index contributed by atoms with van der Waals surface area (Å²) in [4.78, 5) is 27.6. The number of nitrogens with one attached hydrogen (secondary N) is 1. The fourth-order valence-corrected chi connectivity index (χ4v) is 3.58. The van der Waals surface area contributed by atoms with Gasteiger partial charge in [0, 0.05) is 35.7 Å². The van der Waals surface area contributed by atoms with Gasteiger partial charge in [-0.2, -0.15) is 0 Å². The predicted molar refractivity (Wildman–Crippen MR) is 107 cm³/mol. The van der Waals surface area contributed by atoms with Crippen molar-refractivity contribution in [3.05, 3.63) is 65.2 Å². The molecule has 0 radical (unpaired) electrons. The number of thioether (sulfide) groups is 1. The van der Waals surface area contributed by atoms with E-state index in [0.717, 1.165) is 10.5 Å². The zero-order valence-corrected chi connectivity index (χ0v) is 16.5. The van der Waals surface area contributed by atoms with Crippen LogP contribution in [0.15, 0.2) is 59.5 Å². The second kappa shape index (κ2) is 10.2. The molecule has 0 aliphatic heterocycles. The SMILES string of the molecule is CNC(=O)C(C)N(Cc1ccccc1Cl)C(=O)CCSc1ccccc1. The number of hydrogen-bond acceptors (Lipinski definition) is 3. The van der Waals surface area contributed by atoms with Gasteiger partial charge >= 0.3 is 0 Å². The van der Waals surface area contributed by atoms with E-state index in [0.29, 0.717) is 23.7 Å². The summed E-state index contributed by atoms with van der Waals surface area (Å²) in [6.45, 7) is 2.04. The summed E-state index contributed by atoms with van der Waals surface area (Å²) in [6, 6.07) is 16.8. The van der Waals surface area contributed by atoms with Crippen LogP contribution in [-0.4, -0.2) is 35.6 Å². The lowest BCUT2D eigenvalue weighted by Gasteiger charge is -2.28. The largest absolute Gasteiger partial charge is 0.357 e. The molecule has 0 aromatic heterocycles. The molecule has 0 bridgehead atoms. The van der Waals surface area contributed by atoms with E-state index in [9.17, 15) is 9.59 Å². The molecule has 0 spiro atoms. The fourth-order valence-electron chi connectivity index (χ4n) is 2.52. The van der Waals surface area contributed by atoms with E-state index in [-0.39, 0.29) is 11.8 Å². The molecule has 0 aliphatic rings. The van der Waals surface area contributed by atoms with Gasteiger partial charge in [0.1, 0.15) is 6.04 Å². The van der Waals surface area contributed by atoms with E-state index in [1.807, 2.05) is 48.5 Å². The molecular weight excluding hydrogens is 368 g/mol. The van der Waals surface area contributed by atoms with Crippen molar-refractivity contribution >= 4 is 35.2 Å². The lowest BCUT2D eigenvalue weighted by molar-refractivity contribution is -0.140. The monoisotopic (exact) mass is 390 g/mol. The number of amides is 2. The second-order valence-corrected chi connectivity index (χ2v) is 7.39. The Morgan fingerprint density at radius 2 is 1.77 bits per heavy atom. The topological polar surface area (TPSA) is 49.4 Å². The minimum Gasteiger partial charge on any atom is -0.357 e. The Bertz CT molecular complexity index is 740. The van der Waals surface area contributed by atoms with Gasteiger partial charge in [-0.25, -0.2) is 0 Å². The summed E-state index contributed by atoms with van der Waals surface area (Å²) < 4.78 is 0. The highest BCUT2D eigenvalue weighted by Crippen LogP contribution is 2.21. The van der Waals surface area contributed by atoms with Crippen LogP contribution in [-0.2, 0) is 16.1 Å². The molecule has 1 N–H and O–H groups in total. The number of halogens is 1. The van der Waals surface area contributed by atoms with Crippen molar-refractivity contribution in [1.82, 2.24) is 10.2 Å². The lowest BCUT2D eigenvalue weighted by Crippen LogP contribution is -2.46. The summed E-state index contributed by atoms with van der Waals surface area (Å²) >= 11 is 7.86. The second-order valence-electron chi connectivity index (χ2n) is 5.81. The van der Waals surface area contributed by atoms with Gasteiger partial charge in [-0.05, 0) is 30.7 Å². The van der Waals surface area contributed by atoms with Crippen molar-refractivity contribution in [2.75, 3.05) is 12.8 Å². The molecule has 0 saturated heterocycles. The zero-order valence-electron chi connectivity index (χ0n) is 14.9. The Morgan fingerprint density at radius 1 is 1.12 bits per heavy atom. The summed E-state index contributed by atoms with van der Waals surface area (Å²) in [5, 5.41) is 3.20. The van der Waals surface area contributed by atoms with Gasteiger partial charge in [-0.3, -0.25) is 9.59 Å². The summed E-state index contributed by atoms with van der Waals surface area (Å²) in [5.41, 5.74) is 0.828. The predicted octanol–water partition coefficient (Wildman–Crippen LogP) is 3.99. The van der Waals surface area contributed by atoms with E-state index in [1.165, 1.54) is 0 Å². The number of likely N-dealkylation sites (N-methyl/N-ethyl adjacent to an activating group) is 1. The molecular formula is C20H23ClN2O2S. The van der Waals surface area contributed by atoms with E-state index >= 15 is 0 Å². The van der Waals surface area contributed by atoms with Crippen LogP contribution in [0.5, 0.6) is 0 Å². The standard InChI is InChI=1S/C20H23ClN2O2S/c1-15(20(25)22-2)23(14-16-8-6-7-11-18(16)21)19(24)12-13-26-17-9-4-3-5-10-17/h3-11,15H,12-14H2,1-2H3,(H,22,25). The van der Waals surface area contributed by atoms with Crippen LogP contribution in [0.1, 0.15) is 18.9 Å². The molecule has 0 aliphatic carbocycles. The van der Waals surface area contributed by atoms with Gasteiger partial charge in [-0.15, -0.1) is 11.8 Å². The van der Waals surface area contributed by atoms with Crippen molar-refractivity contribution in [2.45, 2.75) is 30.8 Å².